The van der Waals surface area contributed by atoms with Crippen LogP contribution in [0.25, 0.3) is 0 Å². The van der Waals surface area contributed by atoms with Crippen LogP contribution in [0.15, 0.2) is 35.2 Å². The van der Waals surface area contributed by atoms with Crippen LogP contribution in [0.2, 0.25) is 0 Å². The first-order valence-electron chi connectivity index (χ1n) is 8.40. The third kappa shape index (κ3) is 3.82. The number of nitro groups is 1. The van der Waals surface area contributed by atoms with Gasteiger partial charge < -0.3 is 9.47 Å². The van der Waals surface area contributed by atoms with Gasteiger partial charge in [-0.3, -0.25) is 14.8 Å². The summed E-state index contributed by atoms with van der Waals surface area (Å²) in [6.45, 7) is 0. The minimum absolute atomic E-state index is 0.000732. The highest BCUT2D eigenvalue weighted by Gasteiger charge is 2.25. The van der Waals surface area contributed by atoms with Crippen molar-refractivity contribution < 1.29 is 22.8 Å². The molecule has 0 aliphatic heterocycles. The van der Waals surface area contributed by atoms with Gasteiger partial charge in [-0.25, -0.2) is 8.42 Å². The van der Waals surface area contributed by atoms with Gasteiger partial charge in [0.2, 0.25) is 0 Å². The van der Waals surface area contributed by atoms with Crippen molar-refractivity contribution in [3.05, 3.63) is 51.6 Å². The number of nitrogens with one attached hydrogen (secondary N) is 1. The maximum Gasteiger partial charge on any atom is 0.271 e. The van der Waals surface area contributed by atoms with Crippen molar-refractivity contribution in [2.75, 3.05) is 18.9 Å². The minimum Gasteiger partial charge on any atom is -0.495 e. The van der Waals surface area contributed by atoms with Gasteiger partial charge in [-0.1, -0.05) is 0 Å². The molecule has 1 aliphatic carbocycles. The second-order valence-electron chi connectivity index (χ2n) is 6.23. The lowest BCUT2D eigenvalue weighted by atomic mass is 9.92. The lowest BCUT2D eigenvalue weighted by Gasteiger charge is -2.20. The van der Waals surface area contributed by atoms with E-state index in [0.29, 0.717) is 0 Å². The van der Waals surface area contributed by atoms with Gasteiger partial charge in [0, 0.05) is 12.1 Å². The Morgan fingerprint density at radius 3 is 2.22 bits per heavy atom. The van der Waals surface area contributed by atoms with Crippen LogP contribution in [0.4, 0.5) is 11.4 Å². The molecule has 8 nitrogen and oxygen atoms in total. The van der Waals surface area contributed by atoms with E-state index in [4.69, 9.17) is 9.47 Å². The number of rotatable bonds is 6. The Hall–Kier alpha value is -2.81. The van der Waals surface area contributed by atoms with Gasteiger partial charge in [0.25, 0.3) is 15.7 Å². The maximum atomic E-state index is 13.0. The Labute approximate surface area is 157 Å². The fraction of sp³-hybridized carbons (Fsp3) is 0.333. The Balaban J connectivity index is 2.05. The summed E-state index contributed by atoms with van der Waals surface area (Å²) in [6.07, 6.45) is 3.76. The minimum atomic E-state index is -4.04. The number of sulfonamides is 1. The molecule has 1 N–H and O–H groups in total. The molecule has 0 saturated heterocycles. The number of hydrogen-bond donors (Lipinski definition) is 1. The fourth-order valence-corrected chi connectivity index (χ4v) is 4.46. The second kappa shape index (κ2) is 7.43. The predicted octanol–water partition coefficient (Wildman–Crippen LogP) is 3.29. The van der Waals surface area contributed by atoms with Crippen LogP contribution in [0.1, 0.15) is 24.0 Å². The lowest BCUT2D eigenvalue weighted by Crippen LogP contribution is -2.16. The Kier molecular flexibility index (Phi) is 5.22. The molecule has 0 amide bonds. The van der Waals surface area contributed by atoms with E-state index in [0.717, 1.165) is 42.9 Å². The Bertz CT molecular complexity index is 988. The number of aryl methyl sites for hydroxylation is 2. The number of benzene rings is 2. The summed E-state index contributed by atoms with van der Waals surface area (Å²) >= 11 is 0. The number of ether oxygens (including phenoxy) is 2. The van der Waals surface area contributed by atoms with Crippen molar-refractivity contribution in [1.29, 1.82) is 0 Å². The van der Waals surface area contributed by atoms with Crippen molar-refractivity contribution in [2.45, 2.75) is 30.6 Å². The smallest absolute Gasteiger partial charge is 0.271 e. The number of hydrogen-bond acceptors (Lipinski definition) is 6. The number of nitrogens with zero attached hydrogens (tertiary/aromatic N) is 1. The number of methoxy groups -OCH3 is 2. The van der Waals surface area contributed by atoms with Crippen LogP contribution >= 0.6 is 0 Å². The van der Waals surface area contributed by atoms with Crippen molar-refractivity contribution in [1.82, 2.24) is 0 Å². The molecule has 0 unspecified atom stereocenters. The Morgan fingerprint density at radius 2 is 1.63 bits per heavy atom. The molecule has 2 aromatic carbocycles. The first kappa shape index (κ1) is 19.0. The molecule has 1 aliphatic rings. The van der Waals surface area contributed by atoms with Gasteiger partial charge in [-0.05, 0) is 55.0 Å². The number of anilines is 1. The molecule has 3 rings (SSSR count). The zero-order chi connectivity index (χ0) is 19.6. The molecule has 0 spiro atoms. The SMILES string of the molecule is COc1ccc([N+](=O)[O-])cc1NS(=O)(=O)c1cc2c(cc1OC)CCCC2. The zero-order valence-electron chi connectivity index (χ0n) is 15.0. The summed E-state index contributed by atoms with van der Waals surface area (Å²) in [5.74, 6) is 0.425. The monoisotopic (exact) mass is 392 g/mol. The quantitative estimate of drug-likeness (QED) is 0.597. The number of fused-ring (bicyclic) bond motifs is 1. The van der Waals surface area contributed by atoms with Crippen molar-refractivity contribution in [2.24, 2.45) is 0 Å². The van der Waals surface area contributed by atoms with Crippen molar-refractivity contribution in [3.8, 4) is 11.5 Å². The highest BCUT2D eigenvalue weighted by Crippen LogP contribution is 2.35. The summed E-state index contributed by atoms with van der Waals surface area (Å²) in [6, 6.07) is 7.10. The van der Waals surface area contributed by atoms with Crippen LogP contribution in [0.5, 0.6) is 11.5 Å². The van der Waals surface area contributed by atoms with Gasteiger partial charge in [0.1, 0.15) is 16.4 Å². The molecule has 0 saturated carbocycles. The average molecular weight is 392 g/mol. The van der Waals surface area contributed by atoms with E-state index >= 15 is 0 Å². The topological polar surface area (TPSA) is 108 Å². The normalized spacial score (nSPS) is 13.6. The second-order valence-corrected chi connectivity index (χ2v) is 7.88. The summed E-state index contributed by atoms with van der Waals surface area (Å²) < 4.78 is 38.8. The standard InChI is InChI=1S/C18H20N2O6S/c1-25-16-8-7-14(20(21)22)11-15(16)19-27(23,24)18-10-13-6-4-3-5-12(13)9-17(18)26-2/h7-11,19H,3-6H2,1-2H3. The van der Waals surface area contributed by atoms with Crippen molar-refractivity contribution in [3.63, 3.8) is 0 Å². The van der Waals surface area contributed by atoms with E-state index in [2.05, 4.69) is 4.72 Å². The molecule has 0 atom stereocenters. The lowest BCUT2D eigenvalue weighted by molar-refractivity contribution is -0.384. The molecule has 9 heteroatoms. The summed E-state index contributed by atoms with van der Waals surface area (Å²) in [7, 11) is -1.27. The van der Waals surface area contributed by atoms with Gasteiger partial charge in [0.05, 0.1) is 24.8 Å². The maximum absolute atomic E-state index is 13.0. The van der Waals surface area contributed by atoms with Crippen LogP contribution in [-0.4, -0.2) is 27.6 Å². The highest BCUT2D eigenvalue weighted by atomic mass is 32.2. The first-order valence-corrected chi connectivity index (χ1v) is 9.89. The van der Waals surface area contributed by atoms with Crippen molar-refractivity contribution >= 4 is 21.4 Å². The van der Waals surface area contributed by atoms with Crippen LogP contribution in [0, 0.1) is 10.1 Å². The van der Waals surface area contributed by atoms with Crippen LogP contribution < -0.4 is 14.2 Å². The van der Waals surface area contributed by atoms with Crippen LogP contribution in [-0.2, 0) is 22.9 Å². The van der Waals surface area contributed by atoms with Gasteiger partial charge in [-0.15, -0.1) is 0 Å². The molecular formula is C18H20N2O6S. The zero-order valence-corrected chi connectivity index (χ0v) is 15.8. The van der Waals surface area contributed by atoms with Crippen LogP contribution in [0.3, 0.4) is 0 Å². The summed E-state index contributed by atoms with van der Waals surface area (Å²) in [5.41, 5.74) is 1.82. The molecule has 0 fully saturated rings. The molecule has 0 bridgehead atoms. The third-order valence-electron chi connectivity index (χ3n) is 4.56. The van der Waals surface area contributed by atoms with Gasteiger partial charge >= 0.3 is 0 Å². The van der Waals surface area contributed by atoms with Gasteiger partial charge in [0.15, 0.2) is 0 Å². The largest absolute Gasteiger partial charge is 0.495 e. The predicted molar refractivity (Wildman–Crippen MR) is 100 cm³/mol. The average Bonchev–Trinajstić information content (AvgIpc) is 2.66. The molecule has 144 valence electrons. The van der Waals surface area contributed by atoms with Gasteiger partial charge in [-0.2, -0.15) is 0 Å². The highest BCUT2D eigenvalue weighted by molar-refractivity contribution is 7.92. The van der Waals surface area contributed by atoms with E-state index in [9.17, 15) is 18.5 Å². The molecule has 0 aromatic heterocycles. The van der Waals surface area contributed by atoms with E-state index in [1.54, 1.807) is 12.1 Å². The molecule has 2 aromatic rings. The number of nitro benzene ring substituents is 1. The number of non-ortho nitro benzene ring substituents is 1. The van der Waals surface area contributed by atoms with E-state index in [1.165, 1.54) is 26.4 Å². The molecule has 0 radical (unpaired) electrons. The molecule has 27 heavy (non-hydrogen) atoms. The summed E-state index contributed by atoms with van der Waals surface area (Å²) in [5, 5.41) is 11.0. The third-order valence-corrected chi connectivity index (χ3v) is 5.94. The first-order chi connectivity index (χ1) is 12.9. The molecular weight excluding hydrogens is 372 g/mol. The van der Waals surface area contributed by atoms with E-state index in [-0.39, 0.29) is 27.8 Å². The Morgan fingerprint density at radius 1 is 1.00 bits per heavy atom. The summed E-state index contributed by atoms with van der Waals surface area (Å²) in [4.78, 5) is 10.4. The fourth-order valence-electron chi connectivity index (χ4n) is 3.20. The molecule has 0 heterocycles. The van der Waals surface area contributed by atoms with E-state index < -0.39 is 14.9 Å². The van der Waals surface area contributed by atoms with E-state index in [1.807, 2.05) is 0 Å².